The molecule has 0 fully saturated rings. The highest BCUT2D eigenvalue weighted by atomic mass is 35.5. The first kappa shape index (κ1) is 19.2. The molecule has 0 saturated carbocycles. The fourth-order valence-electron chi connectivity index (χ4n) is 3.62. The topological polar surface area (TPSA) is 46.9 Å². The van der Waals surface area contributed by atoms with Crippen LogP contribution in [0.25, 0.3) is 22.2 Å². The number of aromatic nitrogens is 2. The molecule has 1 aromatic heterocycles. The van der Waals surface area contributed by atoms with Crippen LogP contribution in [-0.4, -0.2) is 15.7 Å². The van der Waals surface area contributed by atoms with E-state index in [-0.39, 0.29) is 5.91 Å². The number of amides is 1. The molecule has 0 spiro atoms. The third-order valence-electron chi connectivity index (χ3n) is 4.95. The van der Waals surface area contributed by atoms with Gasteiger partial charge in [0, 0.05) is 21.7 Å². The molecule has 3 aromatic carbocycles. The number of hydrogen-bond acceptors (Lipinski definition) is 2. The number of nitrogens with one attached hydrogen (secondary N) is 1. The van der Waals surface area contributed by atoms with Crippen molar-refractivity contribution in [3.05, 3.63) is 82.9 Å². The summed E-state index contributed by atoms with van der Waals surface area (Å²) in [5, 5.41) is 9.38. The highest BCUT2D eigenvalue weighted by Gasteiger charge is 2.21. The fourth-order valence-corrected chi connectivity index (χ4v) is 3.79. The van der Waals surface area contributed by atoms with Gasteiger partial charge >= 0.3 is 0 Å². The molecule has 0 aliphatic rings. The quantitative estimate of drug-likeness (QED) is 0.442. The maximum atomic E-state index is 13.0. The lowest BCUT2D eigenvalue weighted by Crippen LogP contribution is -2.24. The van der Waals surface area contributed by atoms with Crippen molar-refractivity contribution in [3.63, 3.8) is 0 Å². The molecule has 0 radical (unpaired) electrons. The van der Waals surface area contributed by atoms with Crippen LogP contribution in [0.2, 0.25) is 5.02 Å². The molecular weight excluding hydrogens is 382 g/mol. The van der Waals surface area contributed by atoms with Gasteiger partial charge in [-0.2, -0.15) is 5.10 Å². The molecule has 0 aliphatic heterocycles. The van der Waals surface area contributed by atoms with Crippen molar-refractivity contribution in [1.29, 1.82) is 0 Å². The molecule has 1 N–H and O–H groups in total. The predicted octanol–water partition coefficient (Wildman–Crippen LogP) is 6.17. The smallest absolute Gasteiger partial charge is 0.248 e. The number of halogens is 1. The molecule has 0 aliphatic carbocycles. The standard InChI is InChI=1S/C24H22ClN3O/c1-15-11-16(2)13-20(12-15)26-24(29)17(3)28-22-10-9-19(25)14-21(22)23(27-28)18-7-5-4-6-8-18/h4-14,17H,1-3H3,(H,26,29). The maximum Gasteiger partial charge on any atom is 0.248 e. The Morgan fingerprint density at radius 1 is 1.00 bits per heavy atom. The van der Waals surface area contributed by atoms with Crippen molar-refractivity contribution >= 4 is 34.1 Å². The number of fused-ring (bicyclic) bond motifs is 1. The van der Waals surface area contributed by atoms with Gasteiger partial charge in [0.05, 0.1) is 5.52 Å². The zero-order chi connectivity index (χ0) is 20.5. The van der Waals surface area contributed by atoms with E-state index >= 15 is 0 Å². The zero-order valence-corrected chi connectivity index (χ0v) is 17.4. The van der Waals surface area contributed by atoms with Crippen molar-refractivity contribution in [2.24, 2.45) is 0 Å². The van der Waals surface area contributed by atoms with Gasteiger partial charge in [-0.05, 0) is 62.2 Å². The average Bonchev–Trinajstić information content (AvgIpc) is 3.05. The Balaban J connectivity index is 1.74. The summed E-state index contributed by atoms with van der Waals surface area (Å²) in [4.78, 5) is 13.0. The van der Waals surface area contributed by atoms with Gasteiger partial charge in [0.15, 0.2) is 0 Å². The molecule has 1 heterocycles. The molecule has 5 heteroatoms. The van der Waals surface area contributed by atoms with Gasteiger partial charge in [-0.15, -0.1) is 0 Å². The van der Waals surface area contributed by atoms with Crippen molar-refractivity contribution in [3.8, 4) is 11.3 Å². The second kappa shape index (κ2) is 7.72. The van der Waals surface area contributed by atoms with E-state index in [1.807, 2.05) is 81.4 Å². The van der Waals surface area contributed by atoms with Crippen LogP contribution in [0.15, 0.2) is 66.7 Å². The Morgan fingerprint density at radius 2 is 1.69 bits per heavy atom. The maximum absolute atomic E-state index is 13.0. The normalized spacial score (nSPS) is 12.1. The Kier molecular flexibility index (Phi) is 5.12. The first-order valence-corrected chi connectivity index (χ1v) is 9.92. The van der Waals surface area contributed by atoms with Crippen LogP contribution >= 0.6 is 11.6 Å². The van der Waals surface area contributed by atoms with E-state index in [9.17, 15) is 4.79 Å². The van der Waals surface area contributed by atoms with Crippen LogP contribution in [-0.2, 0) is 4.79 Å². The van der Waals surface area contributed by atoms with E-state index in [2.05, 4.69) is 11.4 Å². The number of benzene rings is 3. The van der Waals surface area contributed by atoms with Crippen LogP contribution in [0.5, 0.6) is 0 Å². The van der Waals surface area contributed by atoms with Crippen molar-refractivity contribution in [2.75, 3.05) is 5.32 Å². The first-order valence-electron chi connectivity index (χ1n) is 9.55. The molecule has 1 amide bonds. The Hall–Kier alpha value is -3.11. The van der Waals surface area contributed by atoms with E-state index in [4.69, 9.17) is 16.7 Å². The number of hydrogen-bond donors (Lipinski definition) is 1. The minimum absolute atomic E-state index is 0.117. The summed E-state index contributed by atoms with van der Waals surface area (Å²) in [6, 6.07) is 21.1. The molecule has 0 saturated heterocycles. The lowest BCUT2D eigenvalue weighted by molar-refractivity contribution is -0.118. The van der Waals surface area contributed by atoms with Gasteiger partial charge < -0.3 is 5.32 Å². The van der Waals surface area contributed by atoms with Gasteiger partial charge in [0.1, 0.15) is 11.7 Å². The second-order valence-electron chi connectivity index (χ2n) is 7.36. The minimum Gasteiger partial charge on any atom is -0.324 e. The average molecular weight is 404 g/mol. The van der Waals surface area contributed by atoms with Gasteiger partial charge in [-0.3, -0.25) is 9.48 Å². The number of rotatable bonds is 4. The summed E-state index contributed by atoms with van der Waals surface area (Å²) >= 11 is 6.25. The number of anilines is 1. The highest BCUT2D eigenvalue weighted by Crippen LogP contribution is 2.32. The Morgan fingerprint density at radius 3 is 2.38 bits per heavy atom. The zero-order valence-electron chi connectivity index (χ0n) is 16.6. The third kappa shape index (κ3) is 3.89. The van der Waals surface area contributed by atoms with Crippen LogP contribution in [0.4, 0.5) is 5.69 Å². The number of nitrogens with zero attached hydrogens (tertiary/aromatic N) is 2. The van der Waals surface area contributed by atoms with Crippen LogP contribution in [0.1, 0.15) is 24.1 Å². The Labute approximate surface area is 175 Å². The van der Waals surface area contributed by atoms with Gasteiger partial charge in [0.2, 0.25) is 5.91 Å². The lowest BCUT2D eigenvalue weighted by atomic mass is 10.1. The number of aryl methyl sites for hydroxylation is 2. The van der Waals surface area contributed by atoms with E-state index in [0.29, 0.717) is 5.02 Å². The Bertz CT molecular complexity index is 1180. The number of carbonyl (C=O) groups is 1. The third-order valence-corrected chi connectivity index (χ3v) is 5.19. The lowest BCUT2D eigenvalue weighted by Gasteiger charge is -2.15. The molecule has 4 aromatic rings. The number of carbonyl (C=O) groups excluding carboxylic acids is 1. The van der Waals surface area contributed by atoms with Crippen molar-refractivity contribution < 1.29 is 4.79 Å². The van der Waals surface area contributed by atoms with E-state index in [0.717, 1.165) is 39.0 Å². The molecular formula is C24H22ClN3O. The van der Waals surface area contributed by atoms with Gasteiger partial charge in [-0.25, -0.2) is 0 Å². The predicted molar refractivity (Wildman–Crippen MR) is 119 cm³/mol. The molecule has 4 nitrogen and oxygen atoms in total. The van der Waals surface area contributed by atoms with E-state index < -0.39 is 6.04 Å². The van der Waals surface area contributed by atoms with Crippen LogP contribution in [0.3, 0.4) is 0 Å². The summed E-state index contributed by atoms with van der Waals surface area (Å²) in [5.74, 6) is -0.117. The molecule has 4 rings (SSSR count). The van der Waals surface area contributed by atoms with E-state index in [1.54, 1.807) is 4.68 Å². The molecule has 0 bridgehead atoms. The molecule has 1 unspecified atom stereocenters. The molecule has 29 heavy (non-hydrogen) atoms. The summed E-state index contributed by atoms with van der Waals surface area (Å²) in [7, 11) is 0. The highest BCUT2D eigenvalue weighted by molar-refractivity contribution is 6.31. The van der Waals surface area contributed by atoms with Gasteiger partial charge in [0.25, 0.3) is 0 Å². The first-order chi connectivity index (χ1) is 13.9. The summed E-state index contributed by atoms with van der Waals surface area (Å²) < 4.78 is 1.77. The monoisotopic (exact) mass is 403 g/mol. The second-order valence-corrected chi connectivity index (χ2v) is 7.80. The fraction of sp³-hybridized carbons (Fsp3) is 0.167. The molecule has 146 valence electrons. The van der Waals surface area contributed by atoms with Crippen molar-refractivity contribution in [1.82, 2.24) is 9.78 Å². The minimum atomic E-state index is -0.489. The van der Waals surface area contributed by atoms with Gasteiger partial charge in [-0.1, -0.05) is 48.0 Å². The van der Waals surface area contributed by atoms with E-state index in [1.165, 1.54) is 0 Å². The largest absolute Gasteiger partial charge is 0.324 e. The van der Waals surface area contributed by atoms with Crippen LogP contribution < -0.4 is 5.32 Å². The van der Waals surface area contributed by atoms with Crippen molar-refractivity contribution in [2.45, 2.75) is 26.8 Å². The summed E-state index contributed by atoms with van der Waals surface area (Å²) in [6.45, 7) is 5.89. The molecule has 1 atom stereocenters. The SMILES string of the molecule is Cc1cc(C)cc(NC(=O)C(C)n2nc(-c3ccccc3)c3cc(Cl)ccc32)c1. The van der Waals surface area contributed by atoms with Crippen LogP contribution in [0, 0.1) is 13.8 Å². The summed E-state index contributed by atoms with van der Waals surface area (Å²) in [6.07, 6.45) is 0. The summed E-state index contributed by atoms with van der Waals surface area (Å²) in [5.41, 5.74) is 5.69.